The summed E-state index contributed by atoms with van der Waals surface area (Å²) in [6.07, 6.45) is 2.35. The number of piperidine rings is 1. The second-order valence-electron chi connectivity index (χ2n) is 12.2. The lowest BCUT2D eigenvalue weighted by atomic mass is 9.96. The molecule has 2 aliphatic rings. The van der Waals surface area contributed by atoms with Gasteiger partial charge in [0.15, 0.2) is 0 Å². The summed E-state index contributed by atoms with van der Waals surface area (Å²) in [6, 6.07) is -3.05. The Morgan fingerprint density at radius 2 is 1.73 bits per heavy atom. The number of carbonyl (C=O) groups excluding carboxylic acids is 5. The Morgan fingerprint density at radius 1 is 1.11 bits per heavy atom. The van der Waals surface area contributed by atoms with Crippen LogP contribution in [0.2, 0.25) is 0 Å². The largest absolute Gasteiger partial charge is 0.346 e. The Labute approximate surface area is 220 Å². The number of hydrogen-bond donors (Lipinski definition) is 4. The number of hydrogen-bond acceptors (Lipinski definition) is 5. The first kappa shape index (κ1) is 30.3. The number of urea groups is 1. The molecule has 0 spiro atoms. The Hall–Kier alpha value is -2.91. The topological polar surface area (TPSA) is 137 Å². The smallest absolute Gasteiger partial charge is 0.315 e. The van der Waals surface area contributed by atoms with Gasteiger partial charge in [-0.05, 0) is 50.4 Å². The van der Waals surface area contributed by atoms with Crippen molar-refractivity contribution in [1.82, 2.24) is 26.2 Å². The maximum absolute atomic E-state index is 13.7. The molecule has 10 heteroatoms. The minimum atomic E-state index is -0.989. The summed E-state index contributed by atoms with van der Waals surface area (Å²) in [5.74, 6) is -2.42. The van der Waals surface area contributed by atoms with E-state index in [4.69, 9.17) is 0 Å². The fourth-order valence-corrected chi connectivity index (χ4v) is 5.25. The zero-order valence-corrected chi connectivity index (χ0v) is 23.6. The number of rotatable bonds is 11. The van der Waals surface area contributed by atoms with E-state index in [0.717, 1.165) is 0 Å². The summed E-state index contributed by atoms with van der Waals surface area (Å²) < 4.78 is 0. The van der Waals surface area contributed by atoms with Gasteiger partial charge >= 0.3 is 6.03 Å². The van der Waals surface area contributed by atoms with Crippen molar-refractivity contribution < 1.29 is 24.0 Å². The van der Waals surface area contributed by atoms with Crippen molar-refractivity contribution in [2.24, 2.45) is 23.2 Å². The minimum absolute atomic E-state index is 0.0698. The van der Waals surface area contributed by atoms with E-state index in [1.807, 2.05) is 41.5 Å². The summed E-state index contributed by atoms with van der Waals surface area (Å²) in [4.78, 5) is 66.5. The Balaban J connectivity index is 2.25. The van der Waals surface area contributed by atoms with Gasteiger partial charge in [-0.2, -0.15) is 0 Å². The summed E-state index contributed by atoms with van der Waals surface area (Å²) in [6.45, 7) is 19.3. The summed E-state index contributed by atoms with van der Waals surface area (Å²) >= 11 is 0. The molecule has 1 saturated heterocycles. The zero-order chi connectivity index (χ0) is 28.3. The molecule has 4 N–H and O–H groups in total. The molecule has 3 unspecified atom stereocenters. The molecule has 37 heavy (non-hydrogen) atoms. The lowest BCUT2D eigenvalue weighted by molar-refractivity contribution is -0.144. The van der Waals surface area contributed by atoms with E-state index in [2.05, 4.69) is 41.7 Å². The van der Waals surface area contributed by atoms with Gasteiger partial charge in [0.25, 0.3) is 5.91 Å². The van der Waals surface area contributed by atoms with Gasteiger partial charge in [0.05, 0.1) is 6.04 Å². The molecule has 1 aliphatic heterocycles. The first-order chi connectivity index (χ1) is 17.1. The molecule has 0 radical (unpaired) electrons. The lowest BCUT2D eigenvalue weighted by Crippen LogP contribution is -2.60. The van der Waals surface area contributed by atoms with Crippen LogP contribution in [-0.2, 0) is 19.2 Å². The number of nitrogens with one attached hydrogen (secondary N) is 4. The van der Waals surface area contributed by atoms with Crippen LogP contribution < -0.4 is 21.3 Å². The third kappa shape index (κ3) is 7.11. The number of likely N-dealkylation sites (tertiary alicyclic amines) is 1. The lowest BCUT2D eigenvalue weighted by Gasteiger charge is -2.35. The quantitative estimate of drug-likeness (QED) is 0.244. The number of ketones is 1. The highest BCUT2D eigenvalue weighted by Crippen LogP contribution is 2.64. The average Bonchev–Trinajstić information content (AvgIpc) is 3.11. The average molecular weight is 520 g/mol. The zero-order valence-electron chi connectivity index (χ0n) is 23.6. The van der Waals surface area contributed by atoms with Crippen LogP contribution in [0.5, 0.6) is 0 Å². The van der Waals surface area contributed by atoms with Crippen molar-refractivity contribution in [2.45, 2.75) is 91.9 Å². The van der Waals surface area contributed by atoms with E-state index in [1.165, 1.54) is 6.08 Å². The SMILES string of the molecule is C=CCNC(=O)C(=O)[C@@H](CCC)NC(=O)[C@@H]1C2C(CN1C(=O)C(NC(=O)NC(C)(C)C)C(C)C)C2(C)C. The Morgan fingerprint density at radius 3 is 2.24 bits per heavy atom. The van der Waals surface area contributed by atoms with E-state index >= 15 is 0 Å². The molecule has 0 bridgehead atoms. The predicted octanol–water partition coefficient (Wildman–Crippen LogP) is 1.75. The van der Waals surface area contributed by atoms with Crippen LogP contribution in [0.4, 0.5) is 4.79 Å². The van der Waals surface area contributed by atoms with E-state index in [9.17, 15) is 24.0 Å². The van der Waals surface area contributed by atoms with Gasteiger partial charge in [-0.1, -0.05) is 47.1 Å². The fraction of sp³-hybridized carbons (Fsp3) is 0.741. The van der Waals surface area contributed by atoms with Crippen molar-refractivity contribution in [3.63, 3.8) is 0 Å². The Bertz CT molecular complexity index is 923. The van der Waals surface area contributed by atoms with Gasteiger partial charge in [-0.3, -0.25) is 19.2 Å². The standard InChI is InChI=1S/C27H45N5O5/c1-10-12-17(21(33)23(35)28-13-11-2)29-22(34)20-18-16(27(18,8)9)14-32(20)24(36)19(15(3)4)30-25(37)31-26(5,6)7/h11,15-20H,2,10,12-14H2,1,3-9H3,(H,28,35)(H,29,34)(H2,30,31,37)/t16?,17-,18?,19?,20+/m1/s1. The molecular formula is C27H45N5O5. The maximum atomic E-state index is 13.7. The number of nitrogens with zero attached hydrogens (tertiary/aromatic N) is 1. The van der Waals surface area contributed by atoms with Crippen molar-refractivity contribution >= 4 is 29.5 Å². The highest BCUT2D eigenvalue weighted by molar-refractivity contribution is 6.38. The van der Waals surface area contributed by atoms with E-state index in [-0.39, 0.29) is 35.6 Å². The summed E-state index contributed by atoms with van der Waals surface area (Å²) in [5.41, 5.74) is -0.607. The number of Topliss-reactive ketones (excluding diaryl/α,β-unsaturated/α-hetero) is 1. The minimum Gasteiger partial charge on any atom is -0.346 e. The summed E-state index contributed by atoms with van der Waals surface area (Å²) in [7, 11) is 0. The van der Waals surface area contributed by atoms with Crippen LogP contribution in [0.15, 0.2) is 12.7 Å². The van der Waals surface area contributed by atoms with E-state index < -0.39 is 47.3 Å². The number of amides is 5. The third-order valence-corrected chi connectivity index (χ3v) is 7.31. The molecule has 10 nitrogen and oxygen atoms in total. The summed E-state index contributed by atoms with van der Waals surface area (Å²) in [5, 5.41) is 10.8. The molecule has 1 saturated carbocycles. The molecule has 0 aromatic heterocycles. The van der Waals surface area contributed by atoms with Crippen molar-refractivity contribution in [3.05, 3.63) is 12.7 Å². The van der Waals surface area contributed by atoms with Crippen molar-refractivity contribution in [1.29, 1.82) is 0 Å². The molecule has 0 aromatic rings. The second-order valence-corrected chi connectivity index (χ2v) is 12.2. The maximum Gasteiger partial charge on any atom is 0.315 e. The van der Waals surface area contributed by atoms with Gasteiger partial charge in [0.2, 0.25) is 17.6 Å². The van der Waals surface area contributed by atoms with Gasteiger partial charge in [0, 0.05) is 18.6 Å². The molecule has 208 valence electrons. The van der Waals surface area contributed by atoms with Gasteiger partial charge < -0.3 is 26.2 Å². The van der Waals surface area contributed by atoms with Crippen molar-refractivity contribution in [2.75, 3.05) is 13.1 Å². The molecule has 1 heterocycles. The van der Waals surface area contributed by atoms with E-state index in [1.54, 1.807) is 4.90 Å². The molecule has 0 aromatic carbocycles. The molecule has 1 aliphatic carbocycles. The Kier molecular flexibility index (Phi) is 9.54. The van der Waals surface area contributed by atoms with Crippen LogP contribution in [0.1, 0.15) is 68.2 Å². The molecule has 5 atom stereocenters. The van der Waals surface area contributed by atoms with Crippen LogP contribution in [0.25, 0.3) is 0 Å². The van der Waals surface area contributed by atoms with Crippen LogP contribution in [0, 0.1) is 23.2 Å². The number of fused-ring (bicyclic) bond motifs is 1. The first-order valence-electron chi connectivity index (χ1n) is 13.2. The van der Waals surface area contributed by atoms with Crippen LogP contribution in [-0.4, -0.2) is 71.2 Å². The van der Waals surface area contributed by atoms with Crippen LogP contribution in [0.3, 0.4) is 0 Å². The molecule has 2 fully saturated rings. The third-order valence-electron chi connectivity index (χ3n) is 7.31. The van der Waals surface area contributed by atoms with E-state index in [0.29, 0.717) is 19.4 Å². The van der Waals surface area contributed by atoms with Crippen LogP contribution >= 0.6 is 0 Å². The number of carbonyl (C=O) groups is 5. The second kappa shape index (κ2) is 11.6. The highest BCUT2D eigenvalue weighted by Gasteiger charge is 2.69. The normalized spacial score (nSPS) is 23.4. The first-order valence-corrected chi connectivity index (χ1v) is 13.2. The van der Waals surface area contributed by atoms with Crippen molar-refractivity contribution in [3.8, 4) is 0 Å². The fourth-order valence-electron chi connectivity index (χ4n) is 5.25. The highest BCUT2D eigenvalue weighted by atomic mass is 16.2. The van der Waals surface area contributed by atoms with Gasteiger partial charge in [-0.25, -0.2) is 4.79 Å². The van der Waals surface area contributed by atoms with Gasteiger partial charge in [0.1, 0.15) is 12.1 Å². The molecule has 2 rings (SSSR count). The predicted molar refractivity (Wildman–Crippen MR) is 141 cm³/mol. The van der Waals surface area contributed by atoms with Gasteiger partial charge in [-0.15, -0.1) is 6.58 Å². The molecular weight excluding hydrogens is 474 g/mol. The molecule has 5 amide bonds. The monoisotopic (exact) mass is 519 g/mol.